The molecule has 72 valence electrons. The second-order valence-corrected chi connectivity index (χ2v) is 3.29. The number of aromatic nitrogens is 1. The number of carbonyl (C=O) groups excluding carboxylic acids is 1. The summed E-state index contributed by atoms with van der Waals surface area (Å²) in [4.78, 5) is 14.0. The molecule has 0 aliphatic heterocycles. The van der Waals surface area contributed by atoms with Crippen molar-refractivity contribution in [2.75, 3.05) is 6.61 Å². The third-order valence-electron chi connectivity index (χ3n) is 1.77. The van der Waals surface area contributed by atoms with Gasteiger partial charge in [-0.2, -0.15) is 0 Å². The summed E-state index contributed by atoms with van der Waals surface area (Å²) < 4.78 is 5.02. The predicted molar refractivity (Wildman–Crippen MR) is 50.3 cm³/mol. The van der Waals surface area contributed by atoms with Crippen LogP contribution in [0, 0.1) is 5.92 Å². The van der Waals surface area contributed by atoms with Crippen molar-refractivity contribution in [1.29, 1.82) is 0 Å². The second kappa shape index (κ2) is 4.70. The van der Waals surface area contributed by atoms with E-state index in [9.17, 15) is 4.79 Å². The number of ether oxygens (including phenoxy) is 1. The van der Waals surface area contributed by atoms with E-state index in [1.54, 1.807) is 0 Å². The maximum absolute atomic E-state index is 11.0. The van der Waals surface area contributed by atoms with Crippen molar-refractivity contribution in [3.05, 3.63) is 24.0 Å². The van der Waals surface area contributed by atoms with Gasteiger partial charge in [0, 0.05) is 18.8 Å². The fourth-order valence-electron chi connectivity index (χ4n) is 0.950. The smallest absolute Gasteiger partial charge is 0.308 e. The largest absolute Gasteiger partial charge is 0.465 e. The molecule has 0 atom stereocenters. The highest BCUT2D eigenvalue weighted by Gasteiger charge is 2.07. The lowest BCUT2D eigenvalue weighted by molar-refractivity contribution is -0.147. The van der Waals surface area contributed by atoms with Gasteiger partial charge in [0.25, 0.3) is 0 Å². The summed E-state index contributed by atoms with van der Waals surface area (Å²) in [7, 11) is 0. The van der Waals surface area contributed by atoms with E-state index in [1.165, 1.54) is 0 Å². The van der Waals surface area contributed by atoms with Crippen molar-refractivity contribution >= 4 is 5.97 Å². The van der Waals surface area contributed by atoms with Gasteiger partial charge in [0.05, 0.1) is 12.5 Å². The number of nitrogens with one attached hydrogen (secondary N) is 1. The number of carbonyl (C=O) groups is 1. The zero-order valence-corrected chi connectivity index (χ0v) is 8.04. The Morgan fingerprint density at radius 3 is 2.92 bits per heavy atom. The molecular formula is C10H15NO2. The molecule has 13 heavy (non-hydrogen) atoms. The average molecular weight is 181 g/mol. The highest BCUT2D eigenvalue weighted by Crippen LogP contribution is 2.00. The Balaban J connectivity index is 2.18. The predicted octanol–water partition coefficient (Wildman–Crippen LogP) is 1.76. The summed E-state index contributed by atoms with van der Waals surface area (Å²) in [5.41, 5.74) is 1.16. The number of esters is 1. The van der Waals surface area contributed by atoms with E-state index in [2.05, 4.69) is 4.98 Å². The van der Waals surface area contributed by atoms with Crippen LogP contribution in [0.5, 0.6) is 0 Å². The Morgan fingerprint density at radius 1 is 1.62 bits per heavy atom. The van der Waals surface area contributed by atoms with E-state index < -0.39 is 0 Å². The highest BCUT2D eigenvalue weighted by atomic mass is 16.5. The van der Waals surface area contributed by atoms with Crippen molar-refractivity contribution in [1.82, 2.24) is 4.98 Å². The zero-order chi connectivity index (χ0) is 9.68. The van der Waals surface area contributed by atoms with Crippen molar-refractivity contribution in [2.45, 2.75) is 20.3 Å². The van der Waals surface area contributed by atoms with E-state index in [1.807, 2.05) is 32.3 Å². The van der Waals surface area contributed by atoms with Gasteiger partial charge in [-0.05, 0) is 11.6 Å². The van der Waals surface area contributed by atoms with Crippen molar-refractivity contribution in [3.8, 4) is 0 Å². The number of aromatic amines is 1. The summed E-state index contributed by atoms with van der Waals surface area (Å²) in [5.74, 6) is -0.165. The van der Waals surface area contributed by atoms with E-state index in [-0.39, 0.29) is 11.9 Å². The molecule has 0 aliphatic rings. The van der Waals surface area contributed by atoms with Crippen LogP contribution in [0.15, 0.2) is 18.5 Å². The maximum Gasteiger partial charge on any atom is 0.308 e. The van der Waals surface area contributed by atoms with Crippen LogP contribution in [-0.2, 0) is 16.0 Å². The molecule has 3 nitrogen and oxygen atoms in total. The molecule has 0 radical (unpaired) electrons. The first-order valence-electron chi connectivity index (χ1n) is 4.48. The Bertz CT molecular complexity index is 252. The first-order chi connectivity index (χ1) is 6.20. The molecule has 1 rings (SSSR count). The van der Waals surface area contributed by atoms with Gasteiger partial charge in [-0.1, -0.05) is 13.8 Å². The Morgan fingerprint density at radius 2 is 2.38 bits per heavy atom. The summed E-state index contributed by atoms with van der Waals surface area (Å²) in [6.07, 6.45) is 4.55. The lowest BCUT2D eigenvalue weighted by Crippen LogP contribution is -2.13. The third-order valence-corrected chi connectivity index (χ3v) is 1.77. The molecule has 0 aromatic carbocycles. The lowest BCUT2D eigenvalue weighted by atomic mass is 10.2. The average Bonchev–Trinajstić information content (AvgIpc) is 2.56. The van der Waals surface area contributed by atoms with Crippen molar-refractivity contribution in [2.24, 2.45) is 5.92 Å². The Hall–Kier alpha value is -1.25. The number of rotatable bonds is 4. The monoisotopic (exact) mass is 181 g/mol. The molecule has 0 saturated carbocycles. The molecular weight excluding hydrogens is 166 g/mol. The van der Waals surface area contributed by atoms with Crippen molar-refractivity contribution < 1.29 is 9.53 Å². The Kier molecular flexibility index (Phi) is 3.55. The lowest BCUT2D eigenvalue weighted by Gasteiger charge is -2.05. The molecule has 0 spiro atoms. The molecule has 0 amide bonds. The first-order valence-corrected chi connectivity index (χ1v) is 4.48. The van der Waals surface area contributed by atoms with E-state index in [0.29, 0.717) is 6.61 Å². The Labute approximate surface area is 78.1 Å². The van der Waals surface area contributed by atoms with Gasteiger partial charge in [-0.15, -0.1) is 0 Å². The van der Waals surface area contributed by atoms with Crippen LogP contribution in [0.2, 0.25) is 0 Å². The minimum absolute atomic E-state index is 0.0359. The molecule has 0 bridgehead atoms. The number of hydrogen-bond donors (Lipinski definition) is 1. The molecule has 3 heteroatoms. The molecule has 1 heterocycles. The standard InChI is InChI=1S/C10H15NO2/c1-8(2)10(12)13-6-4-9-3-5-11-7-9/h3,5,7-8,11H,4,6H2,1-2H3. The molecule has 1 aromatic rings. The van der Waals surface area contributed by atoms with E-state index >= 15 is 0 Å². The van der Waals surface area contributed by atoms with E-state index in [4.69, 9.17) is 4.74 Å². The van der Waals surface area contributed by atoms with Gasteiger partial charge in [0.15, 0.2) is 0 Å². The maximum atomic E-state index is 11.0. The van der Waals surface area contributed by atoms with Crippen molar-refractivity contribution in [3.63, 3.8) is 0 Å². The molecule has 0 unspecified atom stereocenters. The zero-order valence-electron chi connectivity index (χ0n) is 8.04. The second-order valence-electron chi connectivity index (χ2n) is 3.29. The SMILES string of the molecule is CC(C)C(=O)OCCc1cc[nH]c1. The summed E-state index contributed by atoms with van der Waals surface area (Å²) >= 11 is 0. The van der Waals surface area contributed by atoms with Gasteiger partial charge in [-0.25, -0.2) is 0 Å². The van der Waals surface area contributed by atoms with Gasteiger partial charge in [0.1, 0.15) is 0 Å². The van der Waals surface area contributed by atoms with Crippen LogP contribution in [0.4, 0.5) is 0 Å². The molecule has 1 N–H and O–H groups in total. The fourth-order valence-corrected chi connectivity index (χ4v) is 0.950. The molecule has 0 saturated heterocycles. The quantitative estimate of drug-likeness (QED) is 0.719. The van der Waals surface area contributed by atoms with Gasteiger partial charge >= 0.3 is 5.97 Å². The summed E-state index contributed by atoms with van der Waals surface area (Å²) in [6.45, 7) is 4.13. The topological polar surface area (TPSA) is 42.1 Å². The van der Waals surface area contributed by atoms with Gasteiger partial charge in [0.2, 0.25) is 0 Å². The highest BCUT2D eigenvalue weighted by molar-refractivity contribution is 5.71. The summed E-state index contributed by atoms with van der Waals surface area (Å²) in [5, 5.41) is 0. The van der Waals surface area contributed by atoms with Crippen LogP contribution < -0.4 is 0 Å². The fraction of sp³-hybridized carbons (Fsp3) is 0.500. The molecule has 0 aliphatic carbocycles. The van der Waals surface area contributed by atoms with Crippen LogP contribution in [0.3, 0.4) is 0 Å². The first kappa shape index (κ1) is 9.84. The summed E-state index contributed by atoms with van der Waals surface area (Å²) in [6, 6.07) is 1.98. The van der Waals surface area contributed by atoms with Crippen LogP contribution >= 0.6 is 0 Å². The number of H-pyrrole nitrogens is 1. The third kappa shape index (κ3) is 3.32. The molecule has 1 aromatic heterocycles. The van der Waals surface area contributed by atoms with Crippen LogP contribution in [-0.4, -0.2) is 17.6 Å². The molecule has 0 fully saturated rings. The normalized spacial score (nSPS) is 10.4. The number of hydrogen-bond acceptors (Lipinski definition) is 2. The van der Waals surface area contributed by atoms with E-state index in [0.717, 1.165) is 12.0 Å². The van der Waals surface area contributed by atoms with Gasteiger partial charge < -0.3 is 9.72 Å². The van der Waals surface area contributed by atoms with Crippen LogP contribution in [0.25, 0.3) is 0 Å². The minimum Gasteiger partial charge on any atom is -0.465 e. The van der Waals surface area contributed by atoms with Crippen LogP contribution in [0.1, 0.15) is 19.4 Å². The minimum atomic E-state index is -0.129. The van der Waals surface area contributed by atoms with Gasteiger partial charge in [-0.3, -0.25) is 4.79 Å².